The fourth-order valence-electron chi connectivity index (χ4n) is 2.31. The molecule has 3 nitrogen and oxygen atoms in total. The van der Waals surface area contributed by atoms with E-state index >= 15 is 0 Å². The molecule has 15 heavy (non-hydrogen) atoms. The monoisotopic (exact) mass is 215 g/mol. The normalized spacial score (nSPS) is 32.6. The van der Waals surface area contributed by atoms with E-state index in [2.05, 4.69) is 26.1 Å². The Morgan fingerprint density at radius 3 is 2.73 bits per heavy atom. The summed E-state index contributed by atoms with van der Waals surface area (Å²) in [6.45, 7) is 9.53. The Balaban J connectivity index is 2.35. The van der Waals surface area contributed by atoms with E-state index in [1.165, 1.54) is 0 Å². The van der Waals surface area contributed by atoms with E-state index in [9.17, 15) is 0 Å². The first kappa shape index (κ1) is 12.9. The van der Waals surface area contributed by atoms with Gasteiger partial charge in [0.1, 0.15) is 0 Å². The second kappa shape index (κ2) is 5.28. The largest absolute Gasteiger partial charge is 0.396 e. The molecule has 0 aliphatic carbocycles. The zero-order valence-electron chi connectivity index (χ0n) is 10.4. The standard InChI is InChI=1S/C12H25NO2/c1-9(7-14)8-15-11-5-10(2)13-12(3,4)6-11/h9-11,13-14H,5-8H2,1-4H3. The van der Waals surface area contributed by atoms with Crippen molar-refractivity contribution in [1.29, 1.82) is 0 Å². The van der Waals surface area contributed by atoms with E-state index in [0.717, 1.165) is 12.8 Å². The van der Waals surface area contributed by atoms with Crippen LogP contribution in [0.1, 0.15) is 40.5 Å². The molecule has 1 aliphatic heterocycles. The smallest absolute Gasteiger partial charge is 0.0607 e. The Labute approximate surface area is 93.2 Å². The molecule has 90 valence electrons. The van der Waals surface area contributed by atoms with Crippen molar-refractivity contribution in [3.8, 4) is 0 Å². The molecule has 1 heterocycles. The van der Waals surface area contributed by atoms with Gasteiger partial charge in [-0.05, 0) is 33.6 Å². The zero-order valence-corrected chi connectivity index (χ0v) is 10.4. The Morgan fingerprint density at radius 1 is 1.53 bits per heavy atom. The number of piperidine rings is 1. The Hall–Kier alpha value is -0.120. The fraction of sp³-hybridized carbons (Fsp3) is 1.00. The number of aliphatic hydroxyl groups excluding tert-OH is 1. The SMILES string of the molecule is CC(CO)COC1CC(C)NC(C)(C)C1. The summed E-state index contributed by atoms with van der Waals surface area (Å²) in [5, 5.41) is 12.5. The Bertz CT molecular complexity index is 194. The number of rotatable bonds is 4. The molecule has 0 radical (unpaired) electrons. The van der Waals surface area contributed by atoms with Gasteiger partial charge in [-0.25, -0.2) is 0 Å². The van der Waals surface area contributed by atoms with Crippen molar-refractivity contribution < 1.29 is 9.84 Å². The summed E-state index contributed by atoms with van der Waals surface area (Å²) in [5.41, 5.74) is 0.171. The number of nitrogens with one attached hydrogen (secondary N) is 1. The van der Waals surface area contributed by atoms with Crippen LogP contribution in [0.5, 0.6) is 0 Å². The van der Waals surface area contributed by atoms with Gasteiger partial charge in [-0.2, -0.15) is 0 Å². The van der Waals surface area contributed by atoms with Crippen LogP contribution < -0.4 is 5.32 Å². The highest BCUT2D eigenvalue weighted by Crippen LogP contribution is 2.24. The average Bonchev–Trinajstić information content (AvgIpc) is 2.11. The summed E-state index contributed by atoms with van der Waals surface area (Å²) in [6, 6.07) is 0.517. The van der Waals surface area contributed by atoms with Crippen LogP contribution in [0.3, 0.4) is 0 Å². The zero-order chi connectivity index (χ0) is 11.5. The quantitative estimate of drug-likeness (QED) is 0.747. The van der Waals surface area contributed by atoms with Crippen LogP contribution >= 0.6 is 0 Å². The van der Waals surface area contributed by atoms with Crippen molar-refractivity contribution in [2.75, 3.05) is 13.2 Å². The summed E-state index contributed by atoms with van der Waals surface area (Å²) in [5.74, 6) is 0.248. The second-order valence-corrected chi connectivity index (χ2v) is 5.61. The number of hydrogen-bond acceptors (Lipinski definition) is 3. The van der Waals surface area contributed by atoms with Crippen LogP contribution in [0.4, 0.5) is 0 Å². The van der Waals surface area contributed by atoms with Gasteiger partial charge in [-0.15, -0.1) is 0 Å². The third-order valence-electron chi connectivity index (χ3n) is 2.92. The maximum absolute atomic E-state index is 8.93. The first-order valence-corrected chi connectivity index (χ1v) is 5.93. The van der Waals surface area contributed by atoms with Crippen molar-refractivity contribution in [3.63, 3.8) is 0 Å². The molecule has 2 N–H and O–H groups in total. The van der Waals surface area contributed by atoms with Gasteiger partial charge in [0.25, 0.3) is 0 Å². The molecule has 1 rings (SSSR count). The lowest BCUT2D eigenvalue weighted by molar-refractivity contribution is -0.0233. The molecule has 3 unspecified atom stereocenters. The van der Waals surface area contributed by atoms with Crippen LogP contribution in [0.25, 0.3) is 0 Å². The van der Waals surface area contributed by atoms with E-state index in [-0.39, 0.29) is 18.1 Å². The topological polar surface area (TPSA) is 41.5 Å². The fourth-order valence-corrected chi connectivity index (χ4v) is 2.31. The molecule has 0 aromatic heterocycles. The molecular formula is C12H25NO2. The lowest BCUT2D eigenvalue weighted by atomic mass is 9.87. The van der Waals surface area contributed by atoms with Gasteiger partial charge >= 0.3 is 0 Å². The Morgan fingerprint density at radius 2 is 2.20 bits per heavy atom. The maximum Gasteiger partial charge on any atom is 0.0607 e. The second-order valence-electron chi connectivity index (χ2n) is 5.61. The number of ether oxygens (including phenoxy) is 1. The molecule has 0 aromatic rings. The van der Waals surface area contributed by atoms with E-state index in [4.69, 9.17) is 9.84 Å². The van der Waals surface area contributed by atoms with Crippen molar-refractivity contribution in [2.24, 2.45) is 5.92 Å². The summed E-state index contributed by atoms with van der Waals surface area (Å²) in [4.78, 5) is 0. The van der Waals surface area contributed by atoms with Crippen LogP contribution in [0.15, 0.2) is 0 Å². The first-order chi connectivity index (χ1) is 6.93. The van der Waals surface area contributed by atoms with E-state index < -0.39 is 0 Å². The van der Waals surface area contributed by atoms with Crippen molar-refractivity contribution in [3.05, 3.63) is 0 Å². The van der Waals surface area contributed by atoms with Crippen LogP contribution in [-0.2, 0) is 4.74 Å². The van der Waals surface area contributed by atoms with Crippen LogP contribution in [-0.4, -0.2) is 36.0 Å². The van der Waals surface area contributed by atoms with E-state index in [1.54, 1.807) is 0 Å². The summed E-state index contributed by atoms with van der Waals surface area (Å²) in [7, 11) is 0. The average molecular weight is 215 g/mol. The molecule has 0 spiro atoms. The van der Waals surface area contributed by atoms with Crippen LogP contribution in [0, 0.1) is 5.92 Å². The first-order valence-electron chi connectivity index (χ1n) is 5.93. The summed E-state index contributed by atoms with van der Waals surface area (Å²) in [6.07, 6.45) is 2.46. The molecule has 1 aliphatic rings. The van der Waals surface area contributed by atoms with Gasteiger partial charge in [0, 0.05) is 24.1 Å². The third kappa shape index (κ3) is 4.49. The molecule has 0 amide bonds. The van der Waals surface area contributed by atoms with E-state index in [0.29, 0.717) is 18.8 Å². The molecule has 0 saturated carbocycles. The minimum atomic E-state index is 0.171. The highest BCUT2D eigenvalue weighted by molar-refractivity contribution is 4.90. The molecule has 3 atom stereocenters. The number of aliphatic hydroxyl groups is 1. The summed E-state index contributed by atoms with van der Waals surface area (Å²) >= 11 is 0. The lowest BCUT2D eigenvalue weighted by Gasteiger charge is -2.40. The van der Waals surface area contributed by atoms with Gasteiger partial charge in [0.2, 0.25) is 0 Å². The van der Waals surface area contributed by atoms with Gasteiger partial charge in [0.05, 0.1) is 12.7 Å². The minimum absolute atomic E-state index is 0.171. The van der Waals surface area contributed by atoms with Gasteiger partial charge in [-0.1, -0.05) is 6.92 Å². The van der Waals surface area contributed by atoms with Crippen molar-refractivity contribution in [2.45, 2.75) is 58.2 Å². The molecule has 0 aromatic carbocycles. The highest BCUT2D eigenvalue weighted by atomic mass is 16.5. The maximum atomic E-state index is 8.93. The summed E-state index contributed by atoms with van der Waals surface area (Å²) < 4.78 is 5.84. The number of hydrogen-bond donors (Lipinski definition) is 2. The van der Waals surface area contributed by atoms with Crippen LogP contribution in [0.2, 0.25) is 0 Å². The molecule has 0 bridgehead atoms. The predicted molar refractivity (Wildman–Crippen MR) is 61.9 cm³/mol. The third-order valence-corrected chi connectivity index (χ3v) is 2.92. The van der Waals surface area contributed by atoms with E-state index in [1.807, 2.05) is 6.92 Å². The predicted octanol–water partition coefficient (Wildman–Crippen LogP) is 1.55. The minimum Gasteiger partial charge on any atom is -0.396 e. The Kier molecular flexibility index (Phi) is 4.56. The molecule has 1 saturated heterocycles. The van der Waals surface area contributed by atoms with Gasteiger partial charge in [0.15, 0.2) is 0 Å². The van der Waals surface area contributed by atoms with Crippen molar-refractivity contribution in [1.82, 2.24) is 5.32 Å². The molecule has 1 fully saturated rings. The van der Waals surface area contributed by atoms with Gasteiger partial charge < -0.3 is 15.2 Å². The molecular weight excluding hydrogens is 190 g/mol. The van der Waals surface area contributed by atoms with Crippen molar-refractivity contribution >= 4 is 0 Å². The molecule has 3 heteroatoms. The van der Waals surface area contributed by atoms with Gasteiger partial charge in [-0.3, -0.25) is 0 Å². The lowest BCUT2D eigenvalue weighted by Crippen LogP contribution is -2.53. The highest BCUT2D eigenvalue weighted by Gasteiger charge is 2.31.